The number of H-pyrrole nitrogens is 1. The Bertz CT molecular complexity index is 711. The molecule has 0 spiro atoms. The molecule has 0 fully saturated rings. The average molecular weight is 353 g/mol. The fourth-order valence-electron chi connectivity index (χ4n) is 2.03. The molecule has 0 aliphatic rings. The number of nitrogens with zero attached hydrogens (tertiary/aromatic N) is 1. The van der Waals surface area contributed by atoms with Crippen molar-refractivity contribution in [2.24, 2.45) is 5.92 Å². The lowest BCUT2D eigenvalue weighted by molar-refractivity contribution is 0.372. The van der Waals surface area contributed by atoms with E-state index in [-0.39, 0.29) is 11.3 Å². The zero-order chi connectivity index (χ0) is 15.6. The number of hydrogen-bond donors (Lipinski definition) is 2. The van der Waals surface area contributed by atoms with E-state index in [1.54, 1.807) is 12.1 Å². The molecule has 1 aromatic heterocycles. The topological polar surface area (TPSA) is 75.2 Å². The molecule has 0 saturated carbocycles. The molecule has 6 heteroatoms. The molecule has 0 aliphatic carbocycles. The number of aromatic hydroxyl groups is 1. The van der Waals surface area contributed by atoms with Gasteiger partial charge < -0.3 is 14.8 Å². The lowest BCUT2D eigenvalue weighted by Gasteiger charge is -2.10. The van der Waals surface area contributed by atoms with Crippen LogP contribution in [-0.4, -0.2) is 22.2 Å². The maximum Gasteiger partial charge on any atom is 0.251 e. The van der Waals surface area contributed by atoms with Crippen molar-refractivity contribution < 1.29 is 9.84 Å². The van der Waals surface area contributed by atoms with E-state index in [9.17, 15) is 9.90 Å². The molecule has 0 bridgehead atoms. The van der Waals surface area contributed by atoms with Crippen molar-refractivity contribution in [3.05, 3.63) is 38.7 Å². The molecule has 21 heavy (non-hydrogen) atoms. The number of aromatic amines is 1. The van der Waals surface area contributed by atoms with E-state index >= 15 is 0 Å². The van der Waals surface area contributed by atoms with Crippen LogP contribution < -0.4 is 10.3 Å². The van der Waals surface area contributed by atoms with Gasteiger partial charge in [0, 0.05) is 17.3 Å². The van der Waals surface area contributed by atoms with Crippen molar-refractivity contribution in [3.8, 4) is 22.9 Å². The maximum absolute atomic E-state index is 11.8. The van der Waals surface area contributed by atoms with Crippen LogP contribution in [0.5, 0.6) is 11.5 Å². The van der Waals surface area contributed by atoms with Gasteiger partial charge >= 0.3 is 0 Å². The van der Waals surface area contributed by atoms with E-state index in [1.807, 2.05) is 0 Å². The fourth-order valence-corrected chi connectivity index (χ4v) is 2.48. The number of benzene rings is 1. The highest BCUT2D eigenvalue weighted by atomic mass is 79.9. The smallest absolute Gasteiger partial charge is 0.251 e. The minimum Gasteiger partial charge on any atom is -0.503 e. The molecule has 5 nitrogen and oxygen atoms in total. The van der Waals surface area contributed by atoms with Gasteiger partial charge in [-0.3, -0.25) is 4.79 Å². The van der Waals surface area contributed by atoms with E-state index in [0.717, 1.165) is 12.1 Å². The molecule has 112 valence electrons. The van der Waals surface area contributed by atoms with Gasteiger partial charge in [0.15, 0.2) is 11.5 Å². The largest absolute Gasteiger partial charge is 0.503 e. The number of phenolic OH excluding ortho intramolecular Hbond substituents is 1. The zero-order valence-corrected chi connectivity index (χ0v) is 13.7. The number of methoxy groups -OCH3 is 1. The highest BCUT2D eigenvalue weighted by Crippen LogP contribution is 2.37. The lowest BCUT2D eigenvalue weighted by Crippen LogP contribution is -2.11. The van der Waals surface area contributed by atoms with Crippen molar-refractivity contribution in [2.45, 2.75) is 20.3 Å². The molecule has 0 radical (unpaired) electrons. The summed E-state index contributed by atoms with van der Waals surface area (Å²) in [6.45, 7) is 4.14. The average Bonchev–Trinajstić information content (AvgIpc) is 2.40. The number of nitrogens with one attached hydrogen (secondary N) is 1. The molecule has 0 aliphatic heterocycles. The highest BCUT2D eigenvalue weighted by Gasteiger charge is 2.12. The van der Waals surface area contributed by atoms with Crippen LogP contribution in [0, 0.1) is 5.92 Å². The number of aromatic nitrogens is 2. The molecule has 0 amide bonds. The van der Waals surface area contributed by atoms with Gasteiger partial charge in [0.2, 0.25) is 0 Å². The summed E-state index contributed by atoms with van der Waals surface area (Å²) in [5, 5.41) is 9.83. The molecule has 0 atom stereocenters. The Morgan fingerprint density at radius 2 is 2.10 bits per heavy atom. The first-order chi connectivity index (χ1) is 9.90. The summed E-state index contributed by atoms with van der Waals surface area (Å²) in [4.78, 5) is 19.0. The summed E-state index contributed by atoms with van der Waals surface area (Å²) < 4.78 is 5.59. The summed E-state index contributed by atoms with van der Waals surface area (Å²) in [6.07, 6.45) is 0.729. The number of ether oxygens (including phenoxy) is 1. The standard InChI is InChI=1S/C15H17BrN2O3/c1-8(2)4-10-7-13(19)18-15(17-10)9-5-11(16)14(20)12(6-9)21-3/h5-8,20H,4H2,1-3H3,(H,17,18,19). The molecule has 0 unspecified atom stereocenters. The van der Waals surface area contributed by atoms with Crippen molar-refractivity contribution in [1.29, 1.82) is 0 Å². The summed E-state index contributed by atoms with van der Waals surface area (Å²) in [5.74, 6) is 1.20. The van der Waals surface area contributed by atoms with Crippen LogP contribution in [0.2, 0.25) is 0 Å². The first-order valence-corrected chi connectivity index (χ1v) is 7.37. The predicted octanol–water partition coefficient (Wildman–Crippen LogP) is 3.11. The number of halogens is 1. The molecular weight excluding hydrogens is 336 g/mol. The zero-order valence-electron chi connectivity index (χ0n) is 12.1. The van der Waals surface area contributed by atoms with Crippen molar-refractivity contribution in [2.75, 3.05) is 7.11 Å². The van der Waals surface area contributed by atoms with E-state index in [2.05, 4.69) is 39.7 Å². The maximum atomic E-state index is 11.8. The Morgan fingerprint density at radius 1 is 1.38 bits per heavy atom. The number of phenols is 1. The van der Waals surface area contributed by atoms with Gasteiger partial charge in [-0.1, -0.05) is 13.8 Å². The van der Waals surface area contributed by atoms with Gasteiger partial charge in [0.1, 0.15) is 5.82 Å². The number of rotatable bonds is 4. The Hall–Kier alpha value is -1.82. The fraction of sp³-hybridized carbons (Fsp3) is 0.333. The summed E-state index contributed by atoms with van der Waals surface area (Å²) in [5.41, 5.74) is 1.21. The minimum absolute atomic E-state index is 0.0157. The quantitative estimate of drug-likeness (QED) is 0.886. The first-order valence-electron chi connectivity index (χ1n) is 6.57. The Labute approximate surface area is 131 Å². The summed E-state index contributed by atoms with van der Waals surface area (Å²) >= 11 is 3.26. The summed E-state index contributed by atoms with van der Waals surface area (Å²) in [6, 6.07) is 4.84. The second kappa shape index (κ2) is 6.30. The molecule has 1 aromatic carbocycles. The van der Waals surface area contributed by atoms with Crippen LogP contribution in [0.25, 0.3) is 11.4 Å². The van der Waals surface area contributed by atoms with Crippen LogP contribution in [0.1, 0.15) is 19.5 Å². The van der Waals surface area contributed by atoms with Crippen LogP contribution in [0.3, 0.4) is 0 Å². The normalized spacial score (nSPS) is 10.9. The SMILES string of the molecule is COc1cc(-c2nc(CC(C)C)cc(=O)[nH]2)cc(Br)c1O. The van der Waals surface area contributed by atoms with Crippen LogP contribution in [-0.2, 0) is 6.42 Å². The monoisotopic (exact) mass is 352 g/mol. The number of hydrogen-bond acceptors (Lipinski definition) is 4. The van der Waals surface area contributed by atoms with Gasteiger partial charge in [0.05, 0.1) is 11.6 Å². The van der Waals surface area contributed by atoms with Crippen LogP contribution in [0.15, 0.2) is 27.5 Å². The molecule has 0 saturated heterocycles. The first kappa shape index (κ1) is 15.6. The second-order valence-electron chi connectivity index (χ2n) is 5.19. The van der Waals surface area contributed by atoms with E-state index in [0.29, 0.717) is 27.5 Å². The van der Waals surface area contributed by atoms with Crippen LogP contribution in [0.4, 0.5) is 0 Å². The van der Waals surface area contributed by atoms with Crippen molar-refractivity contribution in [3.63, 3.8) is 0 Å². The van der Waals surface area contributed by atoms with E-state index in [4.69, 9.17) is 4.74 Å². The Kier molecular flexibility index (Phi) is 4.67. The van der Waals surface area contributed by atoms with Crippen molar-refractivity contribution >= 4 is 15.9 Å². The van der Waals surface area contributed by atoms with Gasteiger partial charge in [0.25, 0.3) is 5.56 Å². The van der Waals surface area contributed by atoms with Gasteiger partial charge in [-0.2, -0.15) is 0 Å². The molecule has 2 aromatic rings. The van der Waals surface area contributed by atoms with Gasteiger partial charge in [-0.15, -0.1) is 0 Å². The second-order valence-corrected chi connectivity index (χ2v) is 6.05. The van der Waals surface area contributed by atoms with E-state index < -0.39 is 0 Å². The molecule has 1 heterocycles. The Balaban J connectivity index is 2.53. The Morgan fingerprint density at radius 3 is 2.71 bits per heavy atom. The highest BCUT2D eigenvalue weighted by molar-refractivity contribution is 9.10. The predicted molar refractivity (Wildman–Crippen MR) is 84.8 cm³/mol. The van der Waals surface area contributed by atoms with Gasteiger partial charge in [-0.05, 0) is 40.4 Å². The van der Waals surface area contributed by atoms with Crippen molar-refractivity contribution in [1.82, 2.24) is 9.97 Å². The molecule has 2 rings (SSSR count). The molecule has 2 N–H and O–H groups in total. The third kappa shape index (κ3) is 3.64. The van der Waals surface area contributed by atoms with Gasteiger partial charge in [-0.25, -0.2) is 4.98 Å². The van der Waals surface area contributed by atoms with E-state index in [1.165, 1.54) is 13.2 Å². The van der Waals surface area contributed by atoms with Crippen LogP contribution >= 0.6 is 15.9 Å². The lowest BCUT2D eigenvalue weighted by atomic mass is 10.1. The minimum atomic E-state index is -0.196. The molecular formula is C15H17BrN2O3. The third-order valence-corrected chi connectivity index (χ3v) is 3.54. The summed E-state index contributed by atoms with van der Waals surface area (Å²) in [7, 11) is 1.47. The third-order valence-electron chi connectivity index (χ3n) is 2.93.